The van der Waals surface area contributed by atoms with Gasteiger partial charge in [0.05, 0.1) is 4.90 Å². The molecule has 0 atom stereocenters. The summed E-state index contributed by atoms with van der Waals surface area (Å²) in [5, 5.41) is 12.0. The maximum Gasteiger partial charge on any atom is 0.573 e. The number of hydrogen-bond donors (Lipinski definition) is 1. The quantitative estimate of drug-likeness (QED) is 0.745. The first-order chi connectivity index (χ1) is 12.1. The third-order valence-electron chi connectivity index (χ3n) is 2.98. The molecule has 0 fully saturated rings. The number of ether oxygens (including phenoxy) is 1. The van der Waals surface area contributed by atoms with Crippen molar-refractivity contribution in [1.82, 2.24) is 0 Å². The fourth-order valence-electron chi connectivity index (χ4n) is 1.81. The van der Waals surface area contributed by atoms with E-state index in [4.69, 9.17) is 16.9 Å². The Morgan fingerprint density at radius 1 is 1.12 bits per heavy atom. The number of rotatable bonds is 5. The van der Waals surface area contributed by atoms with Crippen LogP contribution < -0.4 is 10.1 Å². The van der Waals surface area contributed by atoms with Crippen LogP contribution in [-0.2, 0) is 9.84 Å². The van der Waals surface area contributed by atoms with E-state index in [-0.39, 0.29) is 10.6 Å². The molecule has 136 valence electrons. The molecule has 0 aliphatic carbocycles. The van der Waals surface area contributed by atoms with Gasteiger partial charge in [0.1, 0.15) is 11.8 Å². The van der Waals surface area contributed by atoms with Crippen molar-refractivity contribution in [3.63, 3.8) is 0 Å². The lowest BCUT2D eigenvalue weighted by molar-refractivity contribution is -0.274. The van der Waals surface area contributed by atoms with E-state index in [0.717, 1.165) is 18.3 Å². The molecule has 10 heteroatoms. The largest absolute Gasteiger partial charge is 0.573 e. The highest BCUT2D eigenvalue weighted by Gasteiger charge is 2.30. The second kappa shape index (κ2) is 7.68. The molecule has 0 saturated heterocycles. The van der Waals surface area contributed by atoms with Gasteiger partial charge in [0, 0.05) is 16.9 Å². The Morgan fingerprint density at radius 3 is 2.19 bits per heavy atom. The van der Waals surface area contributed by atoms with Gasteiger partial charge in [-0.2, -0.15) is 5.26 Å². The summed E-state index contributed by atoms with van der Waals surface area (Å²) in [7, 11) is -4.06. The molecule has 0 unspecified atom stereocenters. The van der Waals surface area contributed by atoms with Crippen molar-refractivity contribution < 1.29 is 26.3 Å². The minimum atomic E-state index is -4.81. The smallest absolute Gasteiger partial charge is 0.406 e. The van der Waals surface area contributed by atoms with Crippen LogP contribution in [0.3, 0.4) is 0 Å². The van der Waals surface area contributed by atoms with Crippen LogP contribution in [0, 0.1) is 11.3 Å². The van der Waals surface area contributed by atoms with Gasteiger partial charge in [-0.3, -0.25) is 0 Å². The molecule has 0 aliphatic heterocycles. The van der Waals surface area contributed by atoms with E-state index in [1.54, 1.807) is 6.07 Å². The zero-order valence-corrected chi connectivity index (χ0v) is 14.4. The summed E-state index contributed by atoms with van der Waals surface area (Å²) in [6.45, 7) is 0. The molecule has 0 aliphatic rings. The number of nitriles is 1. The number of alkyl halides is 3. The van der Waals surface area contributed by atoms with Gasteiger partial charge >= 0.3 is 6.36 Å². The third-order valence-corrected chi connectivity index (χ3v) is 4.91. The first kappa shape index (κ1) is 19.6. The van der Waals surface area contributed by atoms with Crippen LogP contribution in [-0.4, -0.2) is 14.8 Å². The molecule has 2 aromatic carbocycles. The van der Waals surface area contributed by atoms with Crippen molar-refractivity contribution in [2.24, 2.45) is 0 Å². The van der Waals surface area contributed by atoms with Gasteiger partial charge in [-0.05, 0) is 48.5 Å². The molecule has 0 spiro atoms. The Bertz CT molecular complexity index is 948. The van der Waals surface area contributed by atoms with Crippen LogP contribution in [0.15, 0.2) is 64.5 Å². The van der Waals surface area contributed by atoms with Gasteiger partial charge in [-0.25, -0.2) is 8.42 Å². The van der Waals surface area contributed by atoms with Crippen LogP contribution in [0.5, 0.6) is 5.75 Å². The van der Waals surface area contributed by atoms with Gasteiger partial charge in [0.25, 0.3) is 0 Å². The lowest BCUT2D eigenvalue weighted by Gasteiger charge is -2.09. The van der Waals surface area contributed by atoms with Crippen LogP contribution >= 0.6 is 11.6 Å². The monoisotopic (exact) mass is 402 g/mol. The highest BCUT2D eigenvalue weighted by Crippen LogP contribution is 2.25. The predicted molar refractivity (Wildman–Crippen MR) is 89.1 cm³/mol. The molecule has 0 radical (unpaired) electrons. The molecule has 0 saturated carbocycles. The van der Waals surface area contributed by atoms with E-state index in [2.05, 4.69) is 10.1 Å². The van der Waals surface area contributed by atoms with Gasteiger partial charge in [-0.1, -0.05) is 11.6 Å². The number of halogens is 4. The molecule has 0 heterocycles. The van der Waals surface area contributed by atoms with Crippen molar-refractivity contribution in [1.29, 1.82) is 5.26 Å². The van der Waals surface area contributed by atoms with Gasteiger partial charge in [-0.15, -0.1) is 13.2 Å². The van der Waals surface area contributed by atoms with E-state index in [1.807, 2.05) is 0 Å². The molecular weight excluding hydrogens is 393 g/mol. The van der Waals surface area contributed by atoms with Crippen LogP contribution in [0.2, 0.25) is 5.02 Å². The van der Waals surface area contributed by atoms with Crippen molar-refractivity contribution in [3.8, 4) is 11.8 Å². The number of anilines is 1. The minimum absolute atomic E-state index is 0.120. The summed E-state index contributed by atoms with van der Waals surface area (Å²) < 4.78 is 64.8. The lowest BCUT2D eigenvalue weighted by Crippen LogP contribution is -2.16. The van der Waals surface area contributed by atoms with E-state index < -0.39 is 26.9 Å². The molecule has 2 aromatic rings. The van der Waals surface area contributed by atoms with Crippen molar-refractivity contribution >= 4 is 27.1 Å². The average Bonchev–Trinajstić information content (AvgIpc) is 2.56. The summed E-state index contributed by atoms with van der Waals surface area (Å²) in [5.74, 6) is -0.429. The average molecular weight is 403 g/mol. The molecule has 1 N–H and O–H groups in total. The Morgan fingerprint density at radius 2 is 1.69 bits per heavy atom. The van der Waals surface area contributed by atoms with Crippen molar-refractivity contribution in [3.05, 3.63) is 64.7 Å². The van der Waals surface area contributed by atoms with Crippen LogP contribution in [0.1, 0.15) is 0 Å². The molecule has 26 heavy (non-hydrogen) atoms. The maximum atomic E-state index is 12.4. The van der Waals surface area contributed by atoms with E-state index >= 15 is 0 Å². The fourth-order valence-corrected chi connectivity index (χ4v) is 3.02. The summed E-state index contributed by atoms with van der Waals surface area (Å²) >= 11 is 5.70. The number of sulfone groups is 1. The van der Waals surface area contributed by atoms with Crippen LogP contribution in [0.4, 0.5) is 18.9 Å². The first-order valence-corrected chi connectivity index (χ1v) is 8.71. The molecule has 0 amide bonds. The Labute approximate surface area is 152 Å². The van der Waals surface area contributed by atoms with E-state index in [0.29, 0.717) is 5.02 Å². The molecule has 0 aromatic heterocycles. The minimum Gasteiger partial charge on any atom is -0.406 e. The van der Waals surface area contributed by atoms with Gasteiger partial charge in [0.15, 0.2) is 4.91 Å². The summed E-state index contributed by atoms with van der Waals surface area (Å²) in [4.78, 5) is -0.694. The number of hydrogen-bond acceptors (Lipinski definition) is 5. The second-order valence-electron chi connectivity index (χ2n) is 4.79. The summed E-state index contributed by atoms with van der Waals surface area (Å²) in [6, 6.07) is 11.4. The van der Waals surface area contributed by atoms with Crippen molar-refractivity contribution in [2.45, 2.75) is 11.3 Å². The van der Waals surface area contributed by atoms with Gasteiger partial charge in [0.2, 0.25) is 9.84 Å². The summed E-state index contributed by atoms with van der Waals surface area (Å²) in [6.07, 6.45) is -3.86. The highest BCUT2D eigenvalue weighted by molar-refractivity contribution is 7.95. The van der Waals surface area contributed by atoms with E-state index in [9.17, 15) is 21.6 Å². The van der Waals surface area contributed by atoms with E-state index in [1.165, 1.54) is 36.4 Å². The Kier molecular flexibility index (Phi) is 5.79. The van der Waals surface area contributed by atoms with Crippen LogP contribution in [0.25, 0.3) is 0 Å². The second-order valence-corrected chi connectivity index (χ2v) is 7.15. The standard InChI is InChI=1S/C16H10ClF3N2O3S/c17-11-1-7-14(8-2-11)26(23,24)15(9-21)10-22-12-3-5-13(6-4-12)25-16(18,19)20/h1-8,10,22H. The fraction of sp³-hybridized carbons (Fsp3) is 0.0625. The first-order valence-electron chi connectivity index (χ1n) is 6.85. The Hall–Kier alpha value is -2.70. The number of nitrogens with one attached hydrogen (secondary N) is 1. The lowest BCUT2D eigenvalue weighted by atomic mass is 10.3. The molecule has 5 nitrogen and oxygen atoms in total. The number of allylic oxidation sites excluding steroid dienone is 1. The molecular formula is C16H10ClF3N2O3S. The van der Waals surface area contributed by atoms with Gasteiger partial charge < -0.3 is 10.1 Å². The van der Waals surface area contributed by atoms with Crippen molar-refractivity contribution in [2.75, 3.05) is 5.32 Å². The number of nitrogens with zero attached hydrogens (tertiary/aromatic N) is 1. The zero-order chi connectivity index (χ0) is 19.4. The predicted octanol–water partition coefficient (Wildman–Crippen LogP) is 4.49. The third kappa shape index (κ3) is 5.15. The number of benzene rings is 2. The maximum absolute atomic E-state index is 12.4. The molecule has 2 rings (SSSR count). The zero-order valence-electron chi connectivity index (χ0n) is 12.8. The Balaban J connectivity index is 2.19. The highest BCUT2D eigenvalue weighted by atomic mass is 35.5. The SMILES string of the molecule is N#CC(=CNc1ccc(OC(F)(F)F)cc1)S(=O)(=O)c1ccc(Cl)cc1. The summed E-state index contributed by atoms with van der Waals surface area (Å²) in [5.41, 5.74) is 0.263. The molecule has 0 bridgehead atoms. The topological polar surface area (TPSA) is 79.2 Å². The normalized spacial score (nSPS) is 12.3.